The van der Waals surface area contributed by atoms with Crippen LogP contribution in [0, 0.1) is 5.41 Å². The summed E-state index contributed by atoms with van der Waals surface area (Å²) >= 11 is 0. The first-order valence-electron chi connectivity index (χ1n) is 6.35. The zero-order valence-corrected chi connectivity index (χ0v) is 12.2. The fraction of sp³-hybridized carbons (Fsp3) is 0.692. The molecule has 0 saturated carbocycles. The van der Waals surface area contributed by atoms with Crippen molar-refractivity contribution >= 4 is 23.9 Å². The first-order valence-corrected chi connectivity index (χ1v) is 6.35. The van der Waals surface area contributed by atoms with Crippen LogP contribution in [0.25, 0.3) is 0 Å². The third kappa shape index (κ3) is 6.98. The fourth-order valence-electron chi connectivity index (χ4n) is 1.26. The maximum Gasteiger partial charge on any atom is 0.328 e. The molecule has 7 nitrogen and oxygen atoms in total. The van der Waals surface area contributed by atoms with E-state index >= 15 is 0 Å². The van der Waals surface area contributed by atoms with Gasteiger partial charge in [-0.25, -0.2) is 4.79 Å². The van der Waals surface area contributed by atoms with Crippen LogP contribution in [0.15, 0.2) is 0 Å². The van der Waals surface area contributed by atoms with E-state index in [9.17, 15) is 19.5 Å². The Morgan fingerprint density at radius 2 is 1.90 bits per heavy atom. The molecule has 0 radical (unpaired) electrons. The maximum absolute atomic E-state index is 11.8. The van der Waals surface area contributed by atoms with Gasteiger partial charge in [-0.3, -0.25) is 9.59 Å². The number of hydrogen-bond acceptors (Lipinski definition) is 6. The van der Waals surface area contributed by atoms with Gasteiger partial charge >= 0.3 is 5.97 Å². The smallest absolute Gasteiger partial charge is 0.328 e. The molecule has 20 heavy (non-hydrogen) atoms. The number of carbonyl (C=O) groups is 3. The lowest BCUT2D eigenvalue weighted by Crippen LogP contribution is -2.50. The molecule has 0 aliphatic carbocycles. The monoisotopic (exact) mass is 286 g/mol. The van der Waals surface area contributed by atoms with Gasteiger partial charge in [-0.1, -0.05) is 0 Å². The first-order chi connectivity index (χ1) is 9.07. The zero-order valence-electron chi connectivity index (χ0n) is 12.2. The minimum absolute atomic E-state index is 0.0155. The number of aliphatic hydroxyl groups is 1. The van der Waals surface area contributed by atoms with Crippen molar-refractivity contribution in [1.82, 2.24) is 5.32 Å². The Morgan fingerprint density at radius 3 is 2.30 bits per heavy atom. The van der Waals surface area contributed by atoms with Gasteiger partial charge in [0, 0.05) is 6.42 Å². The number of carbonyl (C=O) groups excluding carboxylic acids is 3. The fourth-order valence-corrected chi connectivity index (χ4v) is 1.26. The van der Waals surface area contributed by atoms with E-state index in [0.29, 0.717) is 6.21 Å². The summed E-state index contributed by atoms with van der Waals surface area (Å²) in [7, 11) is 0. The Morgan fingerprint density at radius 1 is 1.35 bits per heavy atom. The topological polar surface area (TPSA) is 117 Å². The van der Waals surface area contributed by atoms with Gasteiger partial charge in [-0.2, -0.15) is 0 Å². The Kier molecular flexibility index (Phi) is 7.06. The molecule has 0 unspecified atom stereocenters. The van der Waals surface area contributed by atoms with Crippen LogP contribution in [0.3, 0.4) is 0 Å². The second kappa shape index (κ2) is 7.74. The van der Waals surface area contributed by atoms with Crippen LogP contribution in [-0.2, 0) is 19.1 Å². The van der Waals surface area contributed by atoms with Crippen molar-refractivity contribution in [3.05, 3.63) is 0 Å². The molecule has 0 aliphatic heterocycles. The number of rotatable bonds is 8. The average Bonchev–Trinajstić information content (AvgIpc) is 2.31. The van der Waals surface area contributed by atoms with E-state index in [2.05, 4.69) is 5.32 Å². The molecule has 0 aliphatic rings. The van der Waals surface area contributed by atoms with Crippen LogP contribution in [-0.4, -0.2) is 46.7 Å². The van der Waals surface area contributed by atoms with Gasteiger partial charge in [0.15, 0.2) is 5.78 Å². The molecule has 114 valence electrons. The van der Waals surface area contributed by atoms with Crippen molar-refractivity contribution in [1.29, 1.82) is 5.41 Å². The van der Waals surface area contributed by atoms with Gasteiger partial charge in [0.1, 0.15) is 11.6 Å². The number of Topliss-reactive ketones (excluding diaryl/α,β-unsaturated/α-hetero) is 1. The Labute approximate surface area is 118 Å². The third-order valence-corrected chi connectivity index (χ3v) is 2.34. The lowest BCUT2D eigenvalue weighted by atomic mass is 10.1. The van der Waals surface area contributed by atoms with Crippen molar-refractivity contribution in [2.45, 2.75) is 58.3 Å². The average molecular weight is 286 g/mol. The van der Waals surface area contributed by atoms with Crippen LogP contribution in [0.5, 0.6) is 0 Å². The van der Waals surface area contributed by atoms with Crippen LogP contribution in [0.2, 0.25) is 0 Å². The molecule has 0 fully saturated rings. The lowest BCUT2D eigenvalue weighted by molar-refractivity contribution is -0.153. The number of hydrogen-bond donors (Lipinski definition) is 3. The predicted octanol–water partition coefficient (Wildman–Crippen LogP) is 0.193. The van der Waals surface area contributed by atoms with E-state index in [1.54, 1.807) is 13.8 Å². The van der Waals surface area contributed by atoms with Crippen LogP contribution in [0.4, 0.5) is 0 Å². The molecule has 0 aromatic heterocycles. The van der Waals surface area contributed by atoms with Crippen molar-refractivity contribution in [2.75, 3.05) is 0 Å². The molecule has 0 heterocycles. The highest BCUT2D eigenvalue weighted by molar-refractivity contribution is 6.26. The third-order valence-electron chi connectivity index (χ3n) is 2.34. The summed E-state index contributed by atoms with van der Waals surface area (Å²) in [6, 6.07) is -1.03. The van der Waals surface area contributed by atoms with Gasteiger partial charge in [0.2, 0.25) is 0 Å². The van der Waals surface area contributed by atoms with Crippen molar-refractivity contribution in [3.8, 4) is 0 Å². The zero-order chi connectivity index (χ0) is 15.9. The van der Waals surface area contributed by atoms with E-state index in [4.69, 9.17) is 10.1 Å². The van der Waals surface area contributed by atoms with Crippen LogP contribution in [0.1, 0.15) is 40.5 Å². The molecule has 0 spiro atoms. The highest BCUT2D eigenvalue weighted by Crippen LogP contribution is 2.07. The maximum atomic E-state index is 11.8. The molecular weight excluding hydrogens is 264 g/mol. The van der Waals surface area contributed by atoms with E-state index in [-0.39, 0.29) is 18.9 Å². The van der Waals surface area contributed by atoms with Gasteiger partial charge in [-0.15, -0.1) is 0 Å². The van der Waals surface area contributed by atoms with E-state index in [1.165, 1.54) is 13.8 Å². The molecule has 0 aromatic rings. The molecule has 1 amide bonds. The molecule has 0 rings (SSSR count). The second-order valence-corrected chi connectivity index (χ2v) is 5.22. The summed E-state index contributed by atoms with van der Waals surface area (Å²) in [5.41, 5.74) is -1.64. The first kappa shape index (κ1) is 18.2. The van der Waals surface area contributed by atoms with Crippen LogP contribution < -0.4 is 5.32 Å². The SMILES string of the molecule is CC(C)OC(=O)[C@H](CCC(=O)C=N)NC(=O)C(C)(C)O. The van der Waals surface area contributed by atoms with E-state index < -0.39 is 29.3 Å². The highest BCUT2D eigenvalue weighted by atomic mass is 16.5. The number of ketones is 1. The van der Waals surface area contributed by atoms with Crippen molar-refractivity contribution in [3.63, 3.8) is 0 Å². The van der Waals surface area contributed by atoms with Crippen molar-refractivity contribution < 1.29 is 24.2 Å². The van der Waals surface area contributed by atoms with Gasteiger partial charge in [-0.05, 0) is 34.1 Å². The van der Waals surface area contributed by atoms with Crippen LogP contribution >= 0.6 is 0 Å². The Bertz CT molecular complexity index is 385. The number of nitrogens with one attached hydrogen (secondary N) is 2. The molecule has 1 atom stereocenters. The highest BCUT2D eigenvalue weighted by Gasteiger charge is 2.30. The Hall–Kier alpha value is -1.76. The molecule has 0 bridgehead atoms. The second-order valence-electron chi connectivity index (χ2n) is 5.22. The largest absolute Gasteiger partial charge is 0.461 e. The summed E-state index contributed by atoms with van der Waals surface area (Å²) in [5.74, 6) is -1.86. The summed E-state index contributed by atoms with van der Waals surface area (Å²) in [4.78, 5) is 34.6. The number of esters is 1. The minimum atomic E-state index is -1.64. The van der Waals surface area contributed by atoms with E-state index in [0.717, 1.165) is 0 Å². The molecule has 3 N–H and O–H groups in total. The lowest BCUT2D eigenvalue weighted by Gasteiger charge is -2.23. The normalized spacial score (nSPS) is 12.7. The number of ether oxygens (including phenoxy) is 1. The standard InChI is InChI=1S/C13H22N2O5/c1-8(2)20-11(17)10(6-5-9(16)7-14)15-12(18)13(3,4)19/h7-8,10,14,19H,5-6H2,1-4H3,(H,15,18)/t10-/m0/s1. The van der Waals surface area contributed by atoms with Crippen molar-refractivity contribution in [2.24, 2.45) is 0 Å². The van der Waals surface area contributed by atoms with Gasteiger partial charge in [0.25, 0.3) is 5.91 Å². The predicted molar refractivity (Wildman–Crippen MR) is 72.5 cm³/mol. The van der Waals surface area contributed by atoms with Gasteiger partial charge in [0.05, 0.1) is 12.3 Å². The summed E-state index contributed by atoms with van der Waals surface area (Å²) in [6.45, 7) is 5.90. The van der Waals surface area contributed by atoms with E-state index in [1.807, 2.05) is 0 Å². The molecule has 0 aromatic carbocycles. The number of amides is 1. The minimum Gasteiger partial charge on any atom is -0.461 e. The summed E-state index contributed by atoms with van der Waals surface area (Å²) in [6.07, 6.45) is 0.250. The molecular formula is C13H22N2O5. The summed E-state index contributed by atoms with van der Waals surface area (Å²) < 4.78 is 4.99. The Balaban J connectivity index is 4.78. The molecule has 0 saturated heterocycles. The van der Waals surface area contributed by atoms with Gasteiger partial charge < -0.3 is 20.6 Å². The molecule has 7 heteroatoms. The summed E-state index contributed by atoms with van der Waals surface area (Å²) in [5, 5.41) is 18.7. The quantitative estimate of drug-likeness (QED) is 0.435.